The quantitative estimate of drug-likeness (QED) is 0.360. The summed E-state index contributed by atoms with van der Waals surface area (Å²) in [6, 6.07) is 23.7. The molecule has 0 bridgehead atoms. The third-order valence-electron chi connectivity index (χ3n) is 4.53. The second kappa shape index (κ2) is 6.68. The summed E-state index contributed by atoms with van der Waals surface area (Å²) in [6.07, 6.45) is 0. The summed E-state index contributed by atoms with van der Waals surface area (Å²) in [4.78, 5) is 13.3. The second-order valence-corrected chi connectivity index (χ2v) is 7.61. The summed E-state index contributed by atoms with van der Waals surface area (Å²) >= 11 is 7.94. The maximum atomic E-state index is 8.99. The van der Waals surface area contributed by atoms with Crippen LogP contribution in [0, 0.1) is 11.3 Å². The van der Waals surface area contributed by atoms with Crippen LogP contribution >= 0.6 is 22.9 Å². The fourth-order valence-corrected chi connectivity index (χ4v) is 4.59. The molecular formula is C22H11ClN4S. The molecule has 5 rings (SSSR count). The minimum atomic E-state index is 0.141. The molecule has 2 aromatic heterocycles. The zero-order chi connectivity index (χ0) is 19.1. The van der Waals surface area contributed by atoms with Crippen LogP contribution < -0.4 is 0 Å². The minimum absolute atomic E-state index is 0.141. The highest BCUT2D eigenvalue weighted by Crippen LogP contribution is 2.39. The molecule has 0 aliphatic carbocycles. The predicted octanol–water partition coefficient (Wildman–Crippen LogP) is 6.10. The molecule has 0 aliphatic rings. The molecule has 0 atom stereocenters. The van der Waals surface area contributed by atoms with Crippen molar-refractivity contribution in [3.05, 3.63) is 77.6 Å². The monoisotopic (exact) mass is 398 g/mol. The van der Waals surface area contributed by atoms with Crippen molar-refractivity contribution >= 4 is 43.1 Å². The Labute approximate surface area is 169 Å². The van der Waals surface area contributed by atoms with E-state index >= 15 is 0 Å². The van der Waals surface area contributed by atoms with Crippen LogP contribution in [0.2, 0.25) is 5.28 Å². The topological polar surface area (TPSA) is 62.5 Å². The molecule has 0 amide bonds. The summed E-state index contributed by atoms with van der Waals surface area (Å²) in [5.74, 6) is 1.02. The zero-order valence-electron chi connectivity index (χ0n) is 14.4. The van der Waals surface area contributed by atoms with Crippen LogP contribution in [0.25, 0.3) is 42.9 Å². The Morgan fingerprint density at radius 3 is 2.36 bits per heavy atom. The summed E-state index contributed by atoms with van der Waals surface area (Å²) in [6.45, 7) is 0. The molecule has 2 heterocycles. The molecule has 4 nitrogen and oxygen atoms in total. The summed E-state index contributed by atoms with van der Waals surface area (Å²) in [5.41, 5.74) is 2.30. The van der Waals surface area contributed by atoms with E-state index in [9.17, 15) is 0 Å². The number of fused-ring (bicyclic) bond motifs is 3. The molecule has 0 radical (unpaired) electrons. The lowest BCUT2D eigenvalue weighted by Crippen LogP contribution is -1.97. The maximum absolute atomic E-state index is 8.99. The maximum Gasteiger partial charge on any atom is 0.226 e. The highest BCUT2D eigenvalue weighted by molar-refractivity contribution is 7.26. The molecule has 0 N–H and O–H groups in total. The predicted molar refractivity (Wildman–Crippen MR) is 113 cm³/mol. The molecule has 3 aromatic carbocycles. The van der Waals surface area contributed by atoms with E-state index in [-0.39, 0.29) is 5.28 Å². The average Bonchev–Trinajstić information content (AvgIpc) is 3.12. The fourth-order valence-electron chi connectivity index (χ4n) is 3.22. The second-order valence-electron chi connectivity index (χ2n) is 6.22. The number of nitrogens with zero attached hydrogens (tertiary/aromatic N) is 4. The number of nitriles is 1. The van der Waals surface area contributed by atoms with Crippen LogP contribution in [0.1, 0.15) is 5.56 Å². The van der Waals surface area contributed by atoms with Gasteiger partial charge in [-0.15, -0.1) is 11.3 Å². The molecule has 6 heteroatoms. The van der Waals surface area contributed by atoms with E-state index in [1.165, 1.54) is 15.5 Å². The van der Waals surface area contributed by atoms with E-state index in [4.69, 9.17) is 16.9 Å². The Bertz CT molecular complexity index is 1380. The van der Waals surface area contributed by atoms with E-state index in [1.54, 1.807) is 23.5 Å². The van der Waals surface area contributed by atoms with E-state index in [2.05, 4.69) is 39.2 Å². The van der Waals surface area contributed by atoms with Crippen LogP contribution in [0.4, 0.5) is 0 Å². The van der Waals surface area contributed by atoms with Gasteiger partial charge in [0.05, 0.1) is 11.6 Å². The first kappa shape index (κ1) is 16.8. The van der Waals surface area contributed by atoms with Crippen LogP contribution in [-0.2, 0) is 0 Å². The number of rotatable bonds is 2. The summed E-state index contributed by atoms with van der Waals surface area (Å²) in [7, 11) is 0. The number of hydrogen-bond donors (Lipinski definition) is 0. The Morgan fingerprint density at radius 1 is 0.786 bits per heavy atom. The molecule has 5 aromatic rings. The highest BCUT2D eigenvalue weighted by Gasteiger charge is 2.14. The van der Waals surface area contributed by atoms with Gasteiger partial charge in [-0.05, 0) is 48.0 Å². The molecule has 0 saturated heterocycles. The number of benzene rings is 3. The summed E-state index contributed by atoms with van der Waals surface area (Å²) < 4.78 is 2.34. The highest BCUT2D eigenvalue weighted by atomic mass is 35.5. The van der Waals surface area contributed by atoms with E-state index in [0.717, 1.165) is 15.8 Å². The van der Waals surface area contributed by atoms with Crippen molar-refractivity contribution < 1.29 is 0 Å². The lowest BCUT2D eigenvalue weighted by Gasteiger charge is -2.06. The minimum Gasteiger partial charge on any atom is -0.208 e. The molecular weight excluding hydrogens is 388 g/mol. The van der Waals surface area contributed by atoms with Crippen molar-refractivity contribution in [2.75, 3.05) is 0 Å². The Balaban J connectivity index is 1.71. The standard InChI is InChI=1S/C22H11ClN4S/c23-22-26-20(14-10-8-13(12-24)9-11-14)25-21(27-22)17-6-3-5-16-15-4-1-2-7-18(15)28-19(16)17/h1-11H. The van der Waals surface area contributed by atoms with E-state index in [0.29, 0.717) is 17.2 Å². The van der Waals surface area contributed by atoms with Crippen molar-refractivity contribution in [1.82, 2.24) is 15.0 Å². The molecule has 0 spiro atoms. The van der Waals surface area contributed by atoms with Crippen molar-refractivity contribution in [3.8, 4) is 28.8 Å². The third-order valence-corrected chi connectivity index (χ3v) is 5.91. The zero-order valence-corrected chi connectivity index (χ0v) is 16.0. The Morgan fingerprint density at radius 2 is 1.54 bits per heavy atom. The normalized spacial score (nSPS) is 11.0. The molecule has 0 unspecified atom stereocenters. The van der Waals surface area contributed by atoms with Crippen LogP contribution in [0.5, 0.6) is 0 Å². The third kappa shape index (κ3) is 2.80. The lowest BCUT2D eigenvalue weighted by atomic mass is 10.1. The molecule has 0 fully saturated rings. The smallest absolute Gasteiger partial charge is 0.208 e. The van der Waals surface area contributed by atoms with Gasteiger partial charge in [0.15, 0.2) is 11.6 Å². The number of aromatic nitrogens is 3. The first-order valence-electron chi connectivity index (χ1n) is 8.56. The van der Waals surface area contributed by atoms with Gasteiger partial charge in [-0.3, -0.25) is 0 Å². The molecule has 0 saturated carbocycles. The first-order chi connectivity index (χ1) is 13.7. The Hall–Kier alpha value is -3.33. The number of halogens is 1. The van der Waals surface area contributed by atoms with Gasteiger partial charge in [0.25, 0.3) is 0 Å². The number of thiophene rings is 1. The van der Waals surface area contributed by atoms with Crippen molar-refractivity contribution in [2.45, 2.75) is 0 Å². The summed E-state index contributed by atoms with van der Waals surface area (Å²) in [5, 5.41) is 11.5. The van der Waals surface area contributed by atoms with Crippen LogP contribution in [0.15, 0.2) is 66.7 Å². The van der Waals surface area contributed by atoms with Gasteiger partial charge in [-0.1, -0.05) is 30.3 Å². The van der Waals surface area contributed by atoms with Crippen molar-refractivity contribution in [2.24, 2.45) is 0 Å². The lowest BCUT2D eigenvalue weighted by molar-refractivity contribution is 1.07. The Kier molecular flexibility index (Phi) is 4.01. The van der Waals surface area contributed by atoms with Crippen LogP contribution in [0.3, 0.4) is 0 Å². The molecule has 132 valence electrons. The van der Waals surface area contributed by atoms with Gasteiger partial charge >= 0.3 is 0 Å². The molecule has 28 heavy (non-hydrogen) atoms. The average molecular weight is 399 g/mol. The van der Waals surface area contributed by atoms with Crippen molar-refractivity contribution in [1.29, 1.82) is 5.26 Å². The van der Waals surface area contributed by atoms with E-state index < -0.39 is 0 Å². The SMILES string of the molecule is N#Cc1ccc(-c2nc(Cl)nc(-c3cccc4c3sc3ccccc34)n2)cc1. The van der Waals surface area contributed by atoms with Gasteiger partial charge in [0.2, 0.25) is 5.28 Å². The fraction of sp³-hybridized carbons (Fsp3) is 0. The van der Waals surface area contributed by atoms with Gasteiger partial charge < -0.3 is 0 Å². The van der Waals surface area contributed by atoms with Crippen molar-refractivity contribution in [3.63, 3.8) is 0 Å². The largest absolute Gasteiger partial charge is 0.226 e. The van der Waals surface area contributed by atoms with Gasteiger partial charge in [-0.2, -0.15) is 15.2 Å². The van der Waals surface area contributed by atoms with Gasteiger partial charge in [0.1, 0.15) is 0 Å². The van der Waals surface area contributed by atoms with Gasteiger partial charge in [0, 0.05) is 31.3 Å². The van der Waals surface area contributed by atoms with E-state index in [1.807, 2.05) is 36.4 Å². The first-order valence-corrected chi connectivity index (χ1v) is 9.75. The molecule has 0 aliphatic heterocycles. The van der Waals surface area contributed by atoms with Gasteiger partial charge in [-0.25, -0.2) is 4.98 Å². The number of hydrogen-bond acceptors (Lipinski definition) is 5. The van der Waals surface area contributed by atoms with Crippen LogP contribution in [-0.4, -0.2) is 15.0 Å².